The first-order chi connectivity index (χ1) is 9.40. The summed E-state index contributed by atoms with van der Waals surface area (Å²) < 4.78 is 29.0. The van der Waals surface area contributed by atoms with Gasteiger partial charge in [0.15, 0.2) is 9.84 Å². The van der Waals surface area contributed by atoms with Gasteiger partial charge in [0.2, 0.25) is 0 Å². The topological polar surface area (TPSA) is 67.2 Å². The number of aryl methyl sites for hydroxylation is 1. The Morgan fingerprint density at radius 3 is 2.35 bits per heavy atom. The quantitative estimate of drug-likeness (QED) is 0.831. The molecular weight excluding hydrogens is 274 g/mol. The van der Waals surface area contributed by atoms with Crippen molar-refractivity contribution in [2.45, 2.75) is 24.5 Å². The third-order valence-corrected chi connectivity index (χ3v) is 5.67. The summed E-state index contributed by atoms with van der Waals surface area (Å²) in [7, 11) is -1.79. The van der Waals surface area contributed by atoms with E-state index in [0.717, 1.165) is 12.0 Å². The van der Waals surface area contributed by atoms with E-state index < -0.39 is 20.5 Å². The van der Waals surface area contributed by atoms with Crippen molar-refractivity contribution in [3.63, 3.8) is 0 Å². The van der Waals surface area contributed by atoms with E-state index in [9.17, 15) is 13.7 Å². The van der Waals surface area contributed by atoms with Gasteiger partial charge in [0.1, 0.15) is 5.41 Å². The Labute approximate surface area is 120 Å². The van der Waals surface area contributed by atoms with Crippen LogP contribution in [0.1, 0.15) is 24.0 Å². The molecule has 2 rings (SSSR count). The molecule has 0 heterocycles. The summed E-state index contributed by atoms with van der Waals surface area (Å²) in [5.41, 5.74) is 1.15. The highest BCUT2D eigenvalue weighted by atomic mass is 32.2. The molecule has 3 atom stereocenters. The molecule has 0 aromatic heterocycles. The summed E-state index contributed by atoms with van der Waals surface area (Å²) in [6.45, 7) is 2.21. The number of benzene rings is 1. The van der Waals surface area contributed by atoms with E-state index in [1.807, 2.05) is 24.3 Å². The fourth-order valence-corrected chi connectivity index (χ4v) is 4.89. The van der Waals surface area contributed by atoms with Gasteiger partial charge >= 0.3 is 0 Å². The predicted molar refractivity (Wildman–Crippen MR) is 77.1 cm³/mol. The summed E-state index contributed by atoms with van der Waals surface area (Å²) in [4.78, 5) is 0. The van der Waals surface area contributed by atoms with Crippen molar-refractivity contribution in [1.29, 1.82) is 5.26 Å². The van der Waals surface area contributed by atoms with Crippen molar-refractivity contribution >= 4 is 9.84 Å². The van der Waals surface area contributed by atoms with Crippen LogP contribution < -0.4 is 0 Å². The van der Waals surface area contributed by atoms with E-state index in [1.165, 1.54) is 18.9 Å². The van der Waals surface area contributed by atoms with Crippen molar-refractivity contribution in [2.75, 3.05) is 20.0 Å². The third-order valence-electron chi connectivity index (χ3n) is 4.06. The van der Waals surface area contributed by atoms with Crippen LogP contribution in [-0.4, -0.2) is 33.6 Å². The number of sulfone groups is 1. The van der Waals surface area contributed by atoms with Crippen LogP contribution in [0.2, 0.25) is 0 Å². The summed E-state index contributed by atoms with van der Waals surface area (Å²) in [5, 5.41) is 8.79. The monoisotopic (exact) mass is 293 g/mol. The van der Waals surface area contributed by atoms with Crippen LogP contribution in [0.4, 0.5) is 0 Å². The zero-order valence-corrected chi connectivity index (χ0v) is 12.8. The first kappa shape index (κ1) is 15.0. The first-order valence-corrected chi connectivity index (χ1v) is 8.54. The lowest BCUT2D eigenvalue weighted by molar-refractivity contribution is 0.162. The lowest BCUT2D eigenvalue weighted by Gasteiger charge is -2.07. The zero-order valence-electron chi connectivity index (χ0n) is 12.0. The van der Waals surface area contributed by atoms with Gasteiger partial charge in [-0.15, -0.1) is 0 Å². The predicted octanol–water partition coefficient (Wildman–Crippen LogP) is 1.92. The second kappa shape index (κ2) is 5.19. The standard InChI is InChI=1S/C15H19NO3S/c1-4-11-5-7-12(8-6-11)13-14(20(3,17)18)15(13,9-16)10-19-2/h5-8,13-14H,4,10H2,1-3H3/t13-,14-,15+/m1/s1. The maximum Gasteiger partial charge on any atom is 0.152 e. The molecule has 0 aliphatic heterocycles. The number of hydrogen-bond acceptors (Lipinski definition) is 4. The van der Waals surface area contributed by atoms with Crippen molar-refractivity contribution in [2.24, 2.45) is 5.41 Å². The Kier molecular flexibility index (Phi) is 3.90. The number of nitriles is 1. The average Bonchev–Trinajstić information content (AvgIpc) is 3.09. The van der Waals surface area contributed by atoms with Gasteiger partial charge < -0.3 is 4.74 Å². The maximum absolute atomic E-state index is 11.9. The van der Waals surface area contributed by atoms with Crippen LogP contribution in [-0.2, 0) is 21.0 Å². The van der Waals surface area contributed by atoms with Gasteiger partial charge in [0, 0.05) is 19.3 Å². The van der Waals surface area contributed by atoms with Crippen LogP contribution in [0, 0.1) is 16.7 Å². The molecule has 5 heteroatoms. The highest BCUT2D eigenvalue weighted by Crippen LogP contribution is 2.62. The molecule has 0 bridgehead atoms. The van der Waals surface area contributed by atoms with Crippen molar-refractivity contribution in [1.82, 2.24) is 0 Å². The summed E-state index contributed by atoms with van der Waals surface area (Å²) in [6.07, 6.45) is 2.13. The molecule has 0 N–H and O–H groups in total. The van der Waals surface area contributed by atoms with Gasteiger partial charge in [-0.3, -0.25) is 0 Å². The number of methoxy groups -OCH3 is 1. The van der Waals surface area contributed by atoms with Gasteiger partial charge in [-0.2, -0.15) is 5.26 Å². The molecule has 20 heavy (non-hydrogen) atoms. The molecule has 0 radical (unpaired) electrons. The van der Waals surface area contributed by atoms with Crippen LogP contribution in [0.15, 0.2) is 24.3 Å². The van der Waals surface area contributed by atoms with E-state index in [2.05, 4.69) is 13.0 Å². The minimum Gasteiger partial charge on any atom is -0.383 e. The van der Waals surface area contributed by atoms with Crippen LogP contribution in [0.3, 0.4) is 0 Å². The van der Waals surface area contributed by atoms with Crippen molar-refractivity contribution < 1.29 is 13.2 Å². The van der Waals surface area contributed by atoms with E-state index in [1.54, 1.807) is 0 Å². The second-order valence-electron chi connectivity index (χ2n) is 5.41. The van der Waals surface area contributed by atoms with E-state index in [4.69, 9.17) is 4.74 Å². The van der Waals surface area contributed by atoms with Crippen LogP contribution in [0.5, 0.6) is 0 Å². The summed E-state index contributed by atoms with van der Waals surface area (Å²) in [5.74, 6) is -0.298. The molecule has 1 aliphatic carbocycles. The van der Waals surface area contributed by atoms with Gasteiger partial charge in [-0.05, 0) is 17.5 Å². The molecule has 0 amide bonds. The molecule has 1 saturated carbocycles. The molecule has 0 unspecified atom stereocenters. The van der Waals surface area contributed by atoms with E-state index in [0.29, 0.717) is 0 Å². The van der Waals surface area contributed by atoms with Gasteiger partial charge in [0.25, 0.3) is 0 Å². The maximum atomic E-state index is 11.9. The molecular formula is C15H19NO3S. The Morgan fingerprint density at radius 1 is 1.35 bits per heavy atom. The smallest absolute Gasteiger partial charge is 0.152 e. The SMILES string of the molecule is CCc1ccc([C@@H]2[C@@H](S(C)(=O)=O)[C@@]2(C#N)COC)cc1. The highest BCUT2D eigenvalue weighted by molar-refractivity contribution is 7.91. The minimum atomic E-state index is -3.29. The largest absolute Gasteiger partial charge is 0.383 e. The van der Waals surface area contributed by atoms with E-state index in [-0.39, 0.29) is 12.5 Å². The molecule has 0 saturated heterocycles. The van der Waals surface area contributed by atoms with Gasteiger partial charge in [-0.1, -0.05) is 31.2 Å². The highest BCUT2D eigenvalue weighted by Gasteiger charge is 2.71. The lowest BCUT2D eigenvalue weighted by atomic mass is 10.00. The van der Waals surface area contributed by atoms with Crippen LogP contribution >= 0.6 is 0 Å². The molecule has 1 aliphatic rings. The Balaban J connectivity index is 2.41. The molecule has 1 aromatic rings. The molecule has 0 spiro atoms. The third kappa shape index (κ3) is 2.34. The summed E-state index contributed by atoms with van der Waals surface area (Å²) >= 11 is 0. The first-order valence-electron chi connectivity index (χ1n) is 6.58. The number of rotatable bonds is 5. The minimum absolute atomic E-state index is 0.140. The molecule has 108 valence electrons. The normalized spacial score (nSPS) is 28.9. The van der Waals surface area contributed by atoms with Crippen LogP contribution in [0.25, 0.3) is 0 Å². The van der Waals surface area contributed by atoms with Crippen molar-refractivity contribution in [3.05, 3.63) is 35.4 Å². The average molecular weight is 293 g/mol. The molecule has 4 nitrogen and oxygen atoms in total. The lowest BCUT2D eigenvalue weighted by Crippen LogP contribution is -2.17. The number of hydrogen-bond donors (Lipinski definition) is 0. The fraction of sp³-hybridized carbons (Fsp3) is 0.533. The number of ether oxygens (including phenoxy) is 1. The Bertz CT molecular complexity index is 630. The Hall–Kier alpha value is -1.38. The number of nitrogens with zero attached hydrogens (tertiary/aromatic N) is 1. The second-order valence-corrected chi connectivity index (χ2v) is 7.58. The zero-order chi connectivity index (χ0) is 15.0. The summed E-state index contributed by atoms with van der Waals surface area (Å²) in [6, 6.07) is 10.0. The van der Waals surface area contributed by atoms with Crippen molar-refractivity contribution in [3.8, 4) is 6.07 Å². The molecule has 1 aromatic carbocycles. The van der Waals surface area contributed by atoms with E-state index >= 15 is 0 Å². The fourth-order valence-electron chi connectivity index (χ4n) is 3.04. The molecule has 1 fully saturated rings. The van der Waals surface area contributed by atoms with Gasteiger partial charge in [0.05, 0.1) is 17.9 Å². The Morgan fingerprint density at radius 2 is 1.95 bits per heavy atom. The van der Waals surface area contributed by atoms with Gasteiger partial charge in [-0.25, -0.2) is 8.42 Å².